The van der Waals surface area contributed by atoms with Crippen molar-refractivity contribution in [2.45, 2.75) is 70.7 Å². The zero-order valence-electron chi connectivity index (χ0n) is 26.4. The zero-order valence-corrected chi connectivity index (χ0v) is 26.4. The number of unbranched alkanes of at least 4 members (excludes halogenated alkanes) is 2. The van der Waals surface area contributed by atoms with E-state index in [1.807, 2.05) is 49.9 Å². The van der Waals surface area contributed by atoms with Gasteiger partial charge in [-0.2, -0.15) is 0 Å². The highest BCUT2D eigenvalue weighted by molar-refractivity contribution is 5.75. The molecule has 1 unspecified atom stereocenters. The van der Waals surface area contributed by atoms with Crippen molar-refractivity contribution in [3.63, 3.8) is 0 Å². The van der Waals surface area contributed by atoms with Crippen LogP contribution in [0.2, 0.25) is 0 Å². The molecule has 1 atom stereocenters. The molecule has 9 nitrogen and oxygen atoms in total. The second kappa shape index (κ2) is 14.6. The van der Waals surface area contributed by atoms with Crippen LogP contribution in [0.4, 0.5) is 4.79 Å². The fraction of sp³-hybridized carbons (Fsp3) is 0.588. The highest BCUT2D eigenvalue weighted by Crippen LogP contribution is 2.31. The summed E-state index contributed by atoms with van der Waals surface area (Å²) in [6, 6.07) is 16.4. The van der Waals surface area contributed by atoms with Gasteiger partial charge in [0.1, 0.15) is 23.3 Å². The van der Waals surface area contributed by atoms with Crippen LogP contribution in [-0.2, 0) is 9.47 Å². The molecule has 2 aliphatic rings. The molecule has 2 aromatic carbocycles. The van der Waals surface area contributed by atoms with Crippen LogP contribution in [-0.4, -0.2) is 102 Å². The molecule has 2 saturated heterocycles. The Balaban J connectivity index is 1.09. The van der Waals surface area contributed by atoms with Crippen molar-refractivity contribution in [1.82, 2.24) is 24.7 Å². The normalized spacial score (nSPS) is 18.2. The third-order valence-electron chi connectivity index (χ3n) is 8.22. The summed E-state index contributed by atoms with van der Waals surface area (Å²) in [4.78, 5) is 27.3. The molecule has 9 heteroatoms. The van der Waals surface area contributed by atoms with Crippen LogP contribution < -0.4 is 4.74 Å². The lowest BCUT2D eigenvalue weighted by molar-refractivity contribution is -0.0265. The third-order valence-corrected chi connectivity index (χ3v) is 8.22. The molecule has 3 aromatic rings. The number of rotatable bonds is 11. The second-order valence-corrected chi connectivity index (χ2v) is 12.9. The van der Waals surface area contributed by atoms with Gasteiger partial charge in [0.05, 0.1) is 23.7 Å². The van der Waals surface area contributed by atoms with Crippen molar-refractivity contribution >= 4 is 17.1 Å². The Morgan fingerprint density at radius 1 is 0.977 bits per heavy atom. The number of hydrogen-bond donors (Lipinski definition) is 1. The Morgan fingerprint density at radius 3 is 2.49 bits per heavy atom. The van der Waals surface area contributed by atoms with Gasteiger partial charge >= 0.3 is 6.09 Å². The van der Waals surface area contributed by atoms with Gasteiger partial charge in [-0.3, -0.25) is 4.90 Å². The van der Waals surface area contributed by atoms with Crippen molar-refractivity contribution in [1.29, 1.82) is 0 Å². The van der Waals surface area contributed by atoms with E-state index in [0.717, 1.165) is 106 Å². The van der Waals surface area contributed by atoms with Crippen LogP contribution in [0, 0.1) is 0 Å². The lowest BCUT2D eigenvalue weighted by atomic mass is 10.1. The number of nitrogens with one attached hydrogen (secondary N) is 1. The maximum Gasteiger partial charge on any atom is 0.410 e. The molecule has 5 rings (SSSR count). The number of ether oxygens (including phenoxy) is 3. The number of carbonyl (C=O) groups excluding carboxylic acids is 1. The predicted molar refractivity (Wildman–Crippen MR) is 170 cm³/mol. The summed E-state index contributed by atoms with van der Waals surface area (Å²) in [5, 5.41) is 0. The van der Waals surface area contributed by atoms with Gasteiger partial charge in [-0.05, 0) is 96.3 Å². The van der Waals surface area contributed by atoms with E-state index in [-0.39, 0.29) is 18.3 Å². The smallest absolute Gasteiger partial charge is 0.410 e. The first kappa shape index (κ1) is 31.3. The van der Waals surface area contributed by atoms with Gasteiger partial charge in [0.25, 0.3) is 0 Å². The van der Waals surface area contributed by atoms with E-state index in [1.165, 1.54) is 0 Å². The van der Waals surface area contributed by atoms with E-state index in [4.69, 9.17) is 19.2 Å². The molecule has 2 fully saturated rings. The van der Waals surface area contributed by atoms with Gasteiger partial charge in [0.15, 0.2) is 0 Å². The summed E-state index contributed by atoms with van der Waals surface area (Å²) in [6.07, 6.45) is 4.97. The van der Waals surface area contributed by atoms with E-state index in [1.54, 1.807) is 0 Å². The average molecular weight is 592 g/mol. The standard InChI is InChI=1S/C34H49N5O4/c1-34(2,3)43-33(40)39-22-20-38(21-23-39)17-8-5-9-24-41-28-12-10-11-26(25-28)31(42-27-15-18-37(4)19-16-27)32-35-29-13-6-7-14-30(29)36-32/h6-7,10-14,25,27,31H,5,8-9,15-24H2,1-4H3,(H,35,36). The van der Waals surface area contributed by atoms with E-state index in [2.05, 4.69) is 46.1 Å². The first-order valence-electron chi connectivity index (χ1n) is 16.0. The number of aromatic amines is 1. The molecule has 0 bridgehead atoms. The molecule has 3 heterocycles. The summed E-state index contributed by atoms with van der Waals surface area (Å²) < 4.78 is 18.5. The number of H-pyrrole nitrogens is 1. The number of fused-ring (bicyclic) bond motifs is 1. The molecule has 0 radical (unpaired) electrons. The zero-order chi connectivity index (χ0) is 30.2. The first-order chi connectivity index (χ1) is 20.7. The molecule has 1 amide bonds. The number of piperidine rings is 1. The van der Waals surface area contributed by atoms with Crippen LogP contribution in [0.25, 0.3) is 11.0 Å². The summed E-state index contributed by atoms with van der Waals surface area (Å²) in [7, 11) is 2.17. The van der Waals surface area contributed by atoms with Crippen LogP contribution in [0.5, 0.6) is 5.75 Å². The minimum atomic E-state index is -0.450. The van der Waals surface area contributed by atoms with Crippen molar-refractivity contribution in [3.05, 3.63) is 59.9 Å². The Bertz CT molecular complexity index is 1270. The molecule has 2 aliphatic heterocycles. The SMILES string of the molecule is CN1CCC(OC(c2cccc(OCCCCCN3CCN(C(=O)OC(C)(C)C)CC3)c2)c2nc3ccccc3[nH]2)CC1. The number of aromatic nitrogens is 2. The molecule has 0 aliphatic carbocycles. The minimum absolute atomic E-state index is 0.194. The van der Waals surface area contributed by atoms with Gasteiger partial charge in [-0.25, -0.2) is 9.78 Å². The summed E-state index contributed by atoms with van der Waals surface area (Å²) >= 11 is 0. The van der Waals surface area contributed by atoms with E-state index < -0.39 is 5.60 Å². The first-order valence-corrected chi connectivity index (χ1v) is 16.0. The fourth-order valence-electron chi connectivity index (χ4n) is 5.76. The number of para-hydroxylation sites is 2. The molecule has 0 saturated carbocycles. The highest BCUT2D eigenvalue weighted by atomic mass is 16.6. The van der Waals surface area contributed by atoms with Crippen molar-refractivity contribution in [2.75, 3.05) is 59.5 Å². The van der Waals surface area contributed by atoms with Crippen LogP contribution >= 0.6 is 0 Å². The molecule has 43 heavy (non-hydrogen) atoms. The summed E-state index contributed by atoms with van der Waals surface area (Å²) in [5.74, 6) is 1.70. The Kier molecular flexibility index (Phi) is 10.6. The van der Waals surface area contributed by atoms with Crippen molar-refractivity contribution in [2.24, 2.45) is 0 Å². The molecule has 234 valence electrons. The Labute approximate surface area is 256 Å². The summed E-state index contributed by atoms with van der Waals surface area (Å²) in [5.41, 5.74) is 2.58. The van der Waals surface area contributed by atoms with Crippen molar-refractivity contribution in [3.8, 4) is 5.75 Å². The third kappa shape index (κ3) is 9.17. The maximum absolute atomic E-state index is 12.3. The average Bonchev–Trinajstić information content (AvgIpc) is 3.42. The van der Waals surface area contributed by atoms with E-state index in [9.17, 15) is 4.79 Å². The van der Waals surface area contributed by atoms with Gasteiger partial charge in [-0.15, -0.1) is 0 Å². The number of nitrogens with zero attached hydrogens (tertiary/aromatic N) is 4. The molecule has 1 N–H and O–H groups in total. The number of hydrogen-bond acceptors (Lipinski definition) is 7. The topological polar surface area (TPSA) is 83.2 Å². The van der Waals surface area contributed by atoms with E-state index >= 15 is 0 Å². The monoisotopic (exact) mass is 591 g/mol. The maximum atomic E-state index is 12.3. The minimum Gasteiger partial charge on any atom is -0.494 e. The van der Waals surface area contributed by atoms with Gasteiger partial charge in [-0.1, -0.05) is 24.3 Å². The number of benzene rings is 2. The van der Waals surface area contributed by atoms with Crippen LogP contribution in [0.15, 0.2) is 48.5 Å². The number of likely N-dealkylation sites (tertiary alicyclic amines) is 1. The lowest BCUT2D eigenvalue weighted by Gasteiger charge is -2.35. The lowest BCUT2D eigenvalue weighted by Crippen LogP contribution is -2.50. The summed E-state index contributed by atoms with van der Waals surface area (Å²) in [6.45, 7) is 12.8. The van der Waals surface area contributed by atoms with Gasteiger partial charge < -0.3 is 29.0 Å². The van der Waals surface area contributed by atoms with Crippen LogP contribution in [0.3, 0.4) is 0 Å². The Morgan fingerprint density at radius 2 is 1.74 bits per heavy atom. The predicted octanol–water partition coefficient (Wildman–Crippen LogP) is 5.86. The number of amides is 1. The molecular weight excluding hydrogens is 542 g/mol. The van der Waals surface area contributed by atoms with Crippen molar-refractivity contribution < 1.29 is 19.0 Å². The van der Waals surface area contributed by atoms with E-state index in [0.29, 0.717) is 6.61 Å². The molecule has 0 spiro atoms. The number of carbonyl (C=O) groups is 1. The fourth-order valence-corrected chi connectivity index (χ4v) is 5.76. The largest absolute Gasteiger partial charge is 0.494 e. The highest BCUT2D eigenvalue weighted by Gasteiger charge is 2.27. The van der Waals surface area contributed by atoms with Crippen LogP contribution in [0.1, 0.15) is 70.4 Å². The Hall–Kier alpha value is -3.14. The van der Waals surface area contributed by atoms with Gasteiger partial charge in [0.2, 0.25) is 0 Å². The molecular formula is C34H49N5O4. The number of piperazine rings is 1. The quantitative estimate of drug-likeness (QED) is 0.280. The second-order valence-electron chi connectivity index (χ2n) is 12.9. The number of imidazole rings is 1. The van der Waals surface area contributed by atoms with Gasteiger partial charge in [0, 0.05) is 39.3 Å². The molecule has 1 aromatic heterocycles.